The molecule has 1 aliphatic rings. The summed E-state index contributed by atoms with van der Waals surface area (Å²) in [7, 11) is 0. The first-order chi connectivity index (χ1) is 12.7. The summed E-state index contributed by atoms with van der Waals surface area (Å²) in [6, 6.07) is 11.9. The molecule has 0 spiro atoms. The molecule has 5 nitrogen and oxygen atoms in total. The smallest absolute Gasteiger partial charge is 0.272 e. The molecule has 0 unspecified atom stereocenters. The number of nitrogens with zero attached hydrogens (tertiary/aromatic N) is 3. The van der Waals surface area contributed by atoms with Crippen LogP contribution in [0.3, 0.4) is 0 Å². The number of halogens is 1. The van der Waals surface area contributed by atoms with Gasteiger partial charge in [0.25, 0.3) is 5.91 Å². The minimum absolute atomic E-state index is 0.00478. The van der Waals surface area contributed by atoms with Gasteiger partial charge in [-0.2, -0.15) is 5.10 Å². The quantitative estimate of drug-likeness (QED) is 0.777. The minimum Gasteiger partial charge on any atom is -0.330 e. The standard InChI is InChI=1S/C20H19FN4O/c21-16-8-2-1-7-15(16)17-12-18(24-23-17)20(26)25-11-4-3-9-19(25)14-6-5-10-22-13-14/h1-2,5-8,10,12-13,19H,3-4,9,11H2,(H,23,24)/t19-/m1/s1. The van der Waals surface area contributed by atoms with E-state index in [-0.39, 0.29) is 17.8 Å². The fraction of sp³-hybridized carbons (Fsp3) is 0.250. The highest BCUT2D eigenvalue weighted by Gasteiger charge is 2.30. The second kappa shape index (κ2) is 7.07. The Balaban J connectivity index is 1.61. The summed E-state index contributed by atoms with van der Waals surface area (Å²) in [5.41, 5.74) is 2.22. The first-order valence-electron chi connectivity index (χ1n) is 8.75. The SMILES string of the molecule is O=C(c1cc(-c2ccccc2F)n[nH]1)N1CCCC[C@@H]1c1cccnc1. The third-order valence-electron chi connectivity index (χ3n) is 4.79. The molecule has 4 rings (SSSR count). The Bertz CT molecular complexity index is 909. The van der Waals surface area contributed by atoms with Crippen LogP contribution in [0, 0.1) is 5.82 Å². The number of benzene rings is 1. The van der Waals surface area contributed by atoms with E-state index >= 15 is 0 Å². The lowest BCUT2D eigenvalue weighted by molar-refractivity contribution is 0.0605. The van der Waals surface area contributed by atoms with E-state index < -0.39 is 0 Å². The Morgan fingerprint density at radius 2 is 2.08 bits per heavy atom. The zero-order valence-electron chi connectivity index (χ0n) is 14.2. The molecule has 1 amide bonds. The number of nitrogens with one attached hydrogen (secondary N) is 1. The van der Waals surface area contributed by atoms with Crippen molar-refractivity contribution in [2.24, 2.45) is 0 Å². The van der Waals surface area contributed by atoms with Crippen molar-refractivity contribution in [1.29, 1.82) is 0 Å². The van der Waals surface area contributed by atoms with Crippen molar-refractivity contribution < 1.29 is 9.18 Å². The number of carbonyl (C=O) groups is 1. The van der Waals surface area contributed by atoms with E-state index in [1.54, 1.807) is 30.5 Å². The van der Waals surface area contributed by atoms with E-state index in [2.05, 4.69) is 15.2 Å². The highest BCUT2D eigenvalue weighted by Crippen LogP contribution is 2.32. The van der Waals surface area contributed by atoms with Gasteiger partial charge in [-0.05, 0) is 49.1 Å². The number of piperidine rings is 1. The summed E-state index contributed by atoms with van der Waals surface area (Å²) in [6.45, 7) is 0.687. The van der Waals surface area contributed by atoms with Gasteiger partial charge in [0, 0.05) is 24.5 Å². The minimum atomic E-state index is -0.357. The molecule has 1 aliphatic heterocycles. The predicted molar refractivity (Wildman–Crippen MR) is 95.8 cm³/mol. The summed E-state index contributed by atoms with van der Waals surface area (Å²) in [4.78, 5) is 19.1. The van der Waals surface area contributed by atoms with E-state index in [1.165, 1.54) is 6.07 Å². The van der Waals surface area contributed by atoms with Crippen LogP contribution < -0.4 is 0 Å². The molecule has 3 aromatic rings. The molecule has 6 heteroatoms. The highest BCUT2D eigenvalue weighted by atomic mass is 19.1. The fourth-order valence-electron chi connectivity index (χ4n) is 3.49. The molecule has 1 aromatic carbocycles. The Kier molecular flexibility index (Phi) is 4.48. The van der Waals surface area contributed by atoms with E-state index in [9.17, 15) is 9.18 Å². The molecule has 0 radical (unpaired) electrons. The second-order valence-electron chi connectivity index (χ2n) is 6.44. The molecule has 1 N–H and O–H groups in total. The zero-order valence-corrected chi connectivity index (χ0v) is 14.2. The van der Waals surface area contributed by atoms with Gasteiger partial charge in [-0.1, -0.05) is 18.2 Å². The van der Waals surface area contributed by atoms with E-state index in [4.69, 9.17) is 0 Å². The first kappa shape index (κ1) is 16.4. The van der Waals surface area contributed by atoms with Gasteiger partial charge in [0.15, 0.2) is 0 Å². The van der Waals surface area contributed by atoms with Crippen LogP contribution in [0.5, 0.6) is 0 Å². The van der Waals surface area contributed by atoms with Gasteiger partial charge in [0.1, 0.15) is 11.5 Å². The topological polar surface area (TPSA) is 61.9 Å². The third-order valence-corrected chi connectivity index (χ3v) is 4.79. The summed E-state index contributed by atoms with van der Waals surface area (Å²) in [6.07, 6.45) is 6.50. The van der Waals surface area contributed by atoms with Crippen molar-refractivity contribution in [2.45, 2.75) is 25.3 Å². The van der Waals surface area contributed by atoms with E-state index in [0.29, 0.717) is 23.5 Å². The summed E-state index contributed by atoms with van der Waals surface area (Å²) < 4.78 is 14.0. The number of hydrogen-bond donors (Lipinski definition) is 1. The van der Waals surface area contributed by atoms with Gasteiger partial charge >= 0.3 is 0 Å². The summed E-state index contributed by atoms with van der Waals surface area (Å²) in [5, 5.41) is 6.91. The zero-order chi connectivity index (χ0) is 17.9. The molecule has 0 bridgehead atoms. The lowest BCUT2D eigenvalue weighted by atomic mass is 9.96. The first-order valence-corrected chi connectivity index (χ1v) is 8.75. The van der Waals surface area contributed by atoms with Gasteiger partial charge in [-0.25, -0.2) is 4.39 Å². The van der Waals surface area contributed by atoms with Gasteiger partial charge < -0.3 is 4.90 Å². The predicted octanol–water partition coefficient (Wildman–Crippen LogP) is 3.98. The molecule has 1 fully saturated rings. The number of amides is 1. The lowest BCUT2D eigenvalue weighted by Gasteiger charge is -2.35. The number of aromatic amines is 1. The van der Waals surface area contributed by atoms with Crippen molar-refractivity contribution in [1.82, 2.24) is 20.1 Å². The number of carbonyl (C=O) groups excluding carboxylic acids is 1. The number of aromatic nitrogens is 3. The molecule has 2 aromatic heterocycles. The maximum Gasteiger partial charge on any atom is 0.272 e. The Labute approximate surface area is 150 Å². The highest BCUT2D eigenvalue weighted by molar-refractivity contribution is 5.93. The van der Waals surface area contributed by atoms with Crippen molar-refractivity contribution >= 4 is 5.91 Å². The summed E-state index contributed by atoms with van der Waals surface area (Å²) >= 11 is 0. The molecular formula is C20H19FN4O. The van der Waals surface area contributed by atoms with Crippen LogP contribution in [0.2, 0.25) is 0 Å². The molecule has 3 heterocycles. The van der Waals surface area contributed by atoms with Crippen LogP contribution in [0.15, 0.2) is 54.9 Å². The Morgan fingerprint density at radius 1 is 1.19 bits per heavy atom. The van der Waals surface area contributed by atoms with Crippen LogP contribution in [0.25, 0.3) is 11.3 Å². The van der Waals surface area contributed by atoms with E-state index in [0.717, 1.165) is 24.8 Å². The molecule has 1 saturated heterocycles. The average Bonchev–Trinajstić information content (AvgIpc) is 3.18. The molecule has 1 atom stereocenters. The molecule has 26 heavy (non-hydrogen) atoms. The van der Waals surface area contributed by atoms with Crippen molar-refractivity contribution in [3.8, 4) is 11.3 Å². The van der Waals surface area contributed by atoms with Crippen LogP contribution in [0.1, 0.15) is 41.4 Å². The Hall–Kier alpha value is -3.02. The van der Waals surface area contributed by atoms with Gasteiger partial charge in [0.05, 0.1) is 11.7 Å². The molecule has 0 saturated carbocycles. The van der Waals surface area contributed by atoms with Crippen LogP contribution in [0.4, 0.5) is 4.39 Å². The number of rotatable bonds is 3. The normalized spacial score (nSPS) is 17.3. The van der Waals surface area contributed by atoms with Crippen LogP contribution in [-0.2, 0) is 0 Å². The molecular weight excluding hydrogens is 331 g/mol. The molecule has 132 valence electrons. The number of likely N-dealkylation sites (tertiary alicyclic amines) is 1. The fourth-order valence-corrected chi connectivity index (χ4v) is 3.49. The van der Waals surface area contributed by atoms with Gasteiger partial charge in [-0.15, -0.1) is 0 Å². The molecule has 0 aliphatic carbocycles. The summed E-state index contributed by atoms with van der Waals surface area (Å²) in [5.74, 6) is -0.474. The maximum atomic E-state index is 14.0. The number of pyridine rings is 1. The number of H-pyrrole nitrogens is 1. The largest absolute Gasteiger partial charge is 0.330 e. The van der Waals surface area contributed by atoms with Crippen molar-refractivity contribution in [3.05, 3.63) is 71.9 Å². The second-order valence-corrected chi connectivity index (χ2v) is 6.44. The average molecular weight is 350 g/mol. The van der Waals surface area contributed by atoms with Gasteiger partial charge in [-0.3, -0.25) is 14.9 Å². The lowest BCUT2D eigenvalue weighted by Crippen LogP contribution is -2.38. The van der Waals surface area contributed by atoms with Gasteiger partial charge in [0.2, 0.25) is 0 Å². The van der Waals surface area contributed by atoms with Crippen LogP contribution >= 0.6 is 0 Å². The maximum absolute atomic E-state index is 14.0. The Morgan fingerprint density at radius 3 is 2.88 bits per heavy atom. The monoisotopic (exact) mass is 350 g/mol. The van der Waals surface area contributed by atoms with E-state index in [1.807, 2.05) is 23.2 Å². The van der Waals surface area contributed by atoms with Crippen molar-refractivity contribution in [3.63, 3.8) is 0 Å². The number of hydrogen-bond acceptors (Lipinski definition) is 3. The van der Waals surface area contributed by atoms with Crippen LogP contribution in [-0.4, -0.2) is 32.5 Å². The third kappa shape index (κ3) is 3.10. The van der Waals surface area contributed by atoms with Crippen molar-refractivity contribution in [2.75, 3.05) is 6.54 Å².